The Bertz CT molecular complexity index is 1220. The zero-order valence-corrected chi connectivity index (χ0v) is 19.6. The number of aromatic nitrogens is 2. The van der Waals surface area contributed by atoms with E-state index in [9.17, 15) is 9.90 Å². The highest BCUT2D eigenvalue weighted by atomic mass is 32.1. The molecule has 0 unspecified atom stereocenters. The number of cyclic esters (lactones) is 1. The number of β-amino-alcohol motifs (C(OH)–C–C–N with tert-alkyl or cyclic N) is 1. The molecule has 1 atom stereocenters. The molecule has 7 nitrogen and oxygen atoms in total. The lowest BCUT2D eigenvalue weighted by Gasteiger charge is -2.40. The van der Waals surface area contributed by atoms with Crippen molar-refractivity contribution in [2.24, 2.45) is 5.41 Å². The summed E-state index contributed by atoms with van der Waals surface area (Å²) in [6.45, 7) is 7.11. The Morgan fingerprint density at radius 1 is 1.12 bits per heavy atom. The monoisotopic (exact) mass is 464 g/mol. The molecule has 0 radical (unpaired) electrons. The van der Waals surface area contributed by atoms with Gasteiger partial charge in [-0.05, 0) is 80.1 Å². The number of carbonyl (C=O) groups excluding carboxylic acids is 1. The molecule has 33 heavy (non-hydrogen) atoms. The van der Waals surface area contributed by atoms with E-state index >= 15 is 0 Å². The number of hydrogen-bond donors (Lipinski definition) is 1. The SMILES string of the molecule is Cc1c([C@@H](O)CN2CCC3(CC2)CCN(c2ccc4nsnc4c2)C3)ccc2c1COC2=O. The number of piperidine rings is 1. The number of carbonyl (C=O) groups is 1. The second-order valence-corrected chi connectivity index (χ2v) is 10.3. The number of ether oxygens (including phenoxy) is 1. The van der Waals surface area contributed by atoms with Gasteiger partial charge in [0.15, 0.2) is 0 Å². The standard InChI is InChI=1S/C25H28N4O3S/c1-16-18(3-4-19-20(16)14-32-24(19)31)23(30)13-28-9-6-25(7-10-28)8-11-29(15-25)17-2-5-21-22(12-17)27-33-26-21/h2-5,12,23,30H,6-11,13-15H2,1H3/t23-/m0/s1. The molecule has 2 fully saturated rings. The van der Waals surface area contributed by atoms with Crippen molar-refractivity contribution in [3.63, 3.8) is 0 Å². The Morgan fingerprint density at radius 3 is 2.76 bits per heavy atom. The lowest BCUT2D eigenvalue weighted by molar-refractivity contribution is 0.0534. The number of benzene rings is 2. The summed E-state index contributed by atoms with van der Waals surface area (Å²) in [5.74, 6) is -0.260. The lowest BCUT2D eigenvalue weighted by atomic mass is 9.77. The van der Waals surface area contributed by atoms with Crippen LogP contribution in [-0.2, 0) is 11.3 Å². The summed E-state index contributed by atoms with van der Waals surface area (Å²) in [4.78, 5) is 16.7. The average Bonchev–Trinajstić information content (AvgIpc) is 3.55. The third-order valence-electron chi connectivity index (χ3n) is 7.96. The zero-order chi connectivity index (χ0) is 22.6. The molecular weight excluding hydrogens is 436 g/mol. The van der Waals surface area contributed by atoms with Gasteiger partial charge in [0, 0.05) is 30.9 Å². The van der Waals surface area contributed by atoms with Crippen LogP contribution in [-0.4, -0.2) is 57.4 Å². The summed E-state index contributed by atoms with van der Waals surface area (Å²) >= 11 is 1.27. The number of hydrogen-bond acceptors (Lipinski definition) is 8. The van der Waals surface area contributed by atoms with Crippen molar-refractivity contribution in [2.75, 3.05) is 37.6 Å². The van der Waals surface area contributed by atoms with Crippen LogP contribution in [0.15, 0.2) is 30.3 Å². The van der Waals surface area contributed by atoms with Gasteiger partial charge < -0.3 is 19.6 Å². The van der Waals surface area contributed by atoms with Crippen LogP contribution in [0.5, 0.6) is 0 Å². The number of fused-ring (bicyclic) bond motifs is 2. The molecule has 1 spiro atoms. The fourth-order valence-corrected chi connectivity index (χ4v) is 6.33. The van der Waals surface area contributed by atoms with Gasteiger partial charge in [0.2, 0.25) is 0 Å². The number of anilines is 1. The van der Waals surface area contributed by atoms with Crippen molar-refractivity contribution in [1.82, 2.24) is 13.6 Å². The first-order valence-corrected chi connectivity index (χ1v) is 12.4. The number of rotatable bonds is 4. The normalized spacial score (nSPS) is 21.0. The molecule has 0 saturated carbocycles. The van der Waals surface area contributed by atoms with Gasteiger partial charge >= 0.3 is 5.97 Å². The molecule has 172 valence electrons. The van der Waals surface area contributed by atoms with Crippen LogP contribution in [0.3, 0.4) is 0 Å². The summed E-state index contributed by atoms with van der Waals surface area (Å²) in [5, 5.41) is 11.0. The molecule has 2 saturated heterocycles. The van der Waals surface area contributed by atoms with E-state index in [0.29, 0.717) is 24.1 Å². The lowest BCUT2D eigenvalue weighted by Crippen LogP contribution is -2.43. The van der Waals surface area contributed by atoms with E-state index < -0.39 is 6.10 Å². The van der Waals surface area contributed by atoms with Gasteiger partial charge in [-0.2, -0.15) is 8.75 Å². The number of nitrogens with zero attached hydrogens (tertiary/aromatic N) is 4. The Labute approximate surface area is 197 Å². The number of aliphatic hydroxyl groups is 1. The van der Waals surface area contributed by atoms with Gasteiger partial charge in [0.05, 0.1) is 23.4 Å². The summed E-state index contributed by atoms with van der Waals surface area (Å²) in [7, 11) is 0. The first-order valence-electron chi connectivity index (χ1n) is 11.7. The van der Waals surface area contributed by atoms with Crippen LogP contribution in [0.4, 0.5) is 5.69 Å². The maximum absolute atomic E-state index is 11.8. The number of aliphatic hydroxyl groups excluding tert-OH is 1. The minimum Gasteiger partial charge on any atom is -0.457 e. The fourth-order valence-electron chi connectivity index (χ4n) is 5.81. The maximum atomic E-state index is 11.8. The third kappa shape index (κ3) is 3.70. The predicted octanol–water partition coefficient (Wildman–Crippen LogP) is 3.70. The quantitative estimate of drug-likeness (QED) is 0.590. The molecule has 4 heterocycles. The molecule has 3 aliphatic heterocycles. The molecule has 3 aromatic rings. The molecule has 6 rings (SSSR count). The Hall–Kier alpha value is -2.55. The number of likely N-dealkylation sites (tertiary alicyclic amines) is 1. The molecule has 8 heteroatoms. The third-order valence-corrected chi connectivity index (χ3v) is 8.51. The topological polar surface area (TPSA) is 78.8 Å². The van der Waals surface area contributed by atoms with Crippen LogP contribution >= 0.6 is 11.7 Å². The molecule has 0 bridgehead atoms. The van der Waals surface area contributed by atoms with Gasteiger partial charge in [-0.15, -0.1) is 0 Å². The largest absolute Gasteiger partial charge is 0.457 e. The van der Waals surface area contributed by atoms with E-state index in [1.807, 2.05) is 13.0 Å². The molecule has 0 aliphatic carbocycles. The van der Waals surface area contributed by atoms with Gasteiger partial charge in [-0.3, -0.25) is 0 Å². The van der Waals surface area contributed by atoms with Crippen molar-refractivity contribution >= 4 is 34.4 Å². The van der Waals surface area contributed by atoms with Crippen LogP contribution in [0.25, 0.3) is 11.0 Å². The van der Waals surface area contributed by atoms with E-state index in [0.717, 1.165) is 66.7 Å². The summed E-state index contributed by atoms with van der Waals surface area (Å²) in [6, 6.07) is 10.1. The Kier molecular flexibility index (Phi) is 5.12. The second kappa shape index (κ2) is 8.04. The molecule has 0 amide bonds. The molecule has 1 aromatic heterocycles. The minimum atomic E-state index is -0.557. The minimum absolute atomic E-state index is 0.260. The van der Waals surface area contributed by atoms with Crippen LogP contribution < -0.4 is 4.90 Å². The van der Waals surface area contributed by atoms with Crippen LogP contribution in [0.2, 0.25) is 0 Å². The fraction of sp³-hybridized carbons (Fsp3) is 0.480. The smallest absolute Gasteiger partial charge is 0.338 e. The number of esters is 1. The Morgan fingerprint density at radius 2 is 1.91 bits per heavy atom. The summed E-state index contributed by atoms with van der Waals surface area (Å²) < 4.78 is 13.9. The maximum Gasteiger partial charge on any atom is 0.338 e. The van der Waals surface area contributed by atoms with Crippen molar-refractivity contribution in [2.45, 2.75) is 38.9 Å². The highest BCUT2D eigenvalue weighted by Crippen LogP contribution is 2.42. The van der Waals surface area contributed by atoms with Crippen molar-refractivity contribution in [3.8, 4) is 0 Å². The highest BCUT2D eigenvalue weighted by Gasteiger charge is 2.41. The highest BCUT2D eigenvalue weighted by molar-refractivity contribution is 7.00. The van der Waals surface area contributed by atoms with Crippen LogP contribution in [0, 0.1) is 12.3 Å². The Balaban J connectivity index is 1.08. The van der Waals surface area contributed by atoms with Gasteiger partial charge in [0.1, 0.15) is 17.6 Å². The van der Waals surface area contributed by atoms with E-state index in [1.54, 1.807) is 6.07 Å². The van der Waals surface area contributed by atoms with E-state index in [1.165, 1.54) is 23.8 Å². The van der Waals surface area contributed by atoms with E-state index in [4.69, 9.17) is 4.74 Å². The van der Waals surface area contributed by atoms with Crippen LogP contribution in [0.1, 0.15) is 52.4 Å². The van der Waals surface area contributed by atoms with Crippen molar-refractivity contribution in [3.05, 3.63) is 52.6 Å². The first kappa shape index (κ1) is 21.0. The summed E-state index contributed by atoms with van der Waals surface area (Å²) in [6.07, 6.45) is 2.97. The average molecular weight is 465 g/mol. The van der Waals surface area contributed by atoms with Gasteiger partial charge in [-0.1, -0.05) is 6.07 Å². The molecule has 3 aliphatic rings. The molecule has 1 N–H and O–H groups in total. The predicted molar refractivity (Wildman–Crippen MR) is 128 cm³/mol. The van der Waals surface area contributed by atoms with Gasteiger partial charge in [-0.25, -0.2) is 4.79 Å². The molecular formula is C25H28N4O3S. The van der Waals surface area contributed by atoms with Crippen molar-refractivity contribution in [1.29, 1.82) is 0 Å². The molecule has 2 aromatic carbocycles. The second-order valence-electron chi connectivity index (χ2n) is 9.81. The van der Waals surface area contributed by atoms with E-state index in [2.05, 4.69) is 36.7 Å². The summed E-state index contributed by atoms with van der Waals surface area (Å²) in [5.41, 5.74) is 7.02. The first-order chi connectivity index (χ1) is 16.0. The zero-order valence-electron chi connectivity index (χ0n) is 18.8. The van der Waals surface area contributed by atoms with E-state index in [-0.39, 0.29) is 5.97 Å². The van der Waals surface area contributed by atoms with Gasteiger partial charge in [0.25, 0.3) is 0 Å². The van der Waals surface area contributed by atoms with Crippen molar-refractivity contribution < 1.29 is 14.6 Å².